The minimum absolute atomic E-state index is 0.875. The third kappa shape index (κ3) is 7.41. The summed E-state index contributed by atoms with van der Waals surface area (Å²) in [7, 11) is 0. The monoisotopic (exact) mass is 841 g/mol. The van der Waals surface area contributed by atoms with Gasteiger partial charge in [0.2, 0.25) is 0 Å². The molecule has 1 aromatic heterocycles. The van der Waals surface area contributed by atoms with Crippen LogP contribution in [0.3, 0.4) is 0 Å². The van der Waals surface area contributed by atoms with Gasteiger partial charge in [0.05, 0.1) is 0 Å². The lowest BCUT2D eigenvalue weighted by atomic mass is 9.89. The summed E-state index contributed by atoms with van der Waals surface area (Å²) >= 11 is 0. The molecular formula is C64H43NO. The molecule has 0 N–H and O–H groups in total. The molecule has 11 aromatic carbocycles. The van der Waals surface area contributed by atoms with Crippen molar-refractivity contribution >= 4 is 49.6 Å². The van der Waals surface area contributed by atoms with Crippen LogP contribution >= 0.6 is 0 Å². The number of benzene rings is 11. The van der Waals surface area contributed by atoms with E-state index in [0.717, 1.165) is 50.5 Å². The van der Waals surface area contributed by atoms with E-state index >= 15 is 0 Å². The van der Waals surface area contributed by atoms with Crippen molar-refractivity contribution < 1.29 is 4.42 Å². The minimum Gasteiger partial charge on any atom is -0.456 e. The zero-order valence-electron chi connectivity index (χ0n) is 36.2. The molecule has 2 heteroatoms. The molecule has 310 valence electrons. The van der Waals surface area contributed by atoms with E-state index in [1.807, 2.05) is 18.2 Å². The number of nitrogens with zero attached hydrogens (tertiary/aromatic N) is 1. The summed E-state index contributed by atoms with van der Waals surface area (Å²) in [6, 6.07) is 93.9. The predicted octanol–water partition coefficient (Wildman–Crippen LogP) is 18.2. The largest absolute Gasteiger partial charge is 0.456 e. The molecule has 1 heterocycles. The molecule has 0 saturated carbocycles. The van der Waals surface area contributed by atoms with E-state index < -0.39 is 0 Å². The number of anilines is 3. The predicted molar refractivity (Wildman–Crippen MR) is 279 cm³/mol. The van der Waals surface area contributed by atoms with E-state index in [1.165, 1.54) is 66.1 Å². The molecule has 0 aliphatic carbocycles. The molecule has 2 nitrogen and oxygen atoms in total. The molecule has 0 unspecified atom stereocenters. The van der Waals surface area contributed by atoms with Gasteiger partial charge in [-0.05, 0) is 144 Å². The van der Waals surface area contributed by atoms with Crippen molar-refractivity contribution in [3.8, 4) is 67.0 Å². The molecule has 0 radical (unpaired) electrons. The highest BCUT2D eigenvalue weighted by Gasteiger charge is 2.17. The summed E-state index contributed by atoms with van der Waals surface area (Å²) in [4.78, 5) is 2.37. The van der Waals surface area contributed by atoms with E-state index in [2.05, 4.69) is 248 Å². The van der Waals surface area contributed by atoms with Gasteiger partial charge < -0.3 is 9.32 Å². The maximum Gasteiger partial charge on any atom is 0.135 e. The first kappa shape index (κ1) is 38.9. The Balaban J connectivity index is 0.913. The van der Waals surface area contributed by atoms with Crippen LogP contribution in [0.1, 0.15) is 0 Å². The lowest BCUT2D eigenvalue weighted by Crippen LogP contribution is -2.09. The molecule has 0 amide bonds. The van der Waals surface area contributed by atoms with Gasteiger partial charge in [0, 0.05) is 28.0 Å². The van der Waals surface area contributed by atoms with Crippen LogP contribution in [-0.2, 0) is 0 Å². The molecule has 0 aliphatic heterocycles. The first-order valence-corrected chi connectivity index (χ1v) is 22.6. The van der Waals surface area contributed by atoms with Gasteiger partial charge in [0.25, 0.3) is 0 Å². The highest BCUT2D eigenvalue weighted by Crippen LogP contribution is 2.42. The number of hydrogen-bond acceptors (Lipinski definition) is 2. The molecule has 12 aromatic rings. The fourth-order valence-corrected chi connectivity index (χ4v) is 9.49. The molecule has 12 rings (SSSR count). The first-order chi connectivity index (χ1) is 32.7. The van der Waals surface area contributed by atoms with Gasteiger partial charge in [-0.25, -0.2) is 0 Å². The number of para-hydroxylation sites is 1. The lowest BCUT2D eigenvalue weighted by Gasteiger charge is -2.26. The van der Waals surface area contributed by atoms with Crippen molar-refractivity contribution in [2.45, 2.75) is 0 Å². The normalized spacial score (nSPS) is 11.3. The Morgan fingerprint density at radius 1 is 0.227 bits per heavy atom. The summed E-state index contributed by atoms with van der Waals surface area (Å²) in [6.45, 7) is 0. The second-order valence-corrected chi connectivity index (χ2v) is 16.9. The van der Waals surface area contributed by atoms with Gasteiger partial charge in [-0.15, -0.1) is 0 Å². The van der Waals surface area contributed by atoms with Crippen LogP contribution in [0.25, 0.3) is 99.5 Å². The molecular weight excluding hydrogens is 799 g/mol. The Bertz CT molecular complexity index is 3660. The number of rotatable bonds is 9. The van der Waals surface area contributed by atoms with Gasteiger partial charge in [0.1, 0.15) is 11.3 Å². The summed E-state index contributed by atoms with van der Waals surface area (Å²) in [6.07, 6.45) is 0. The van der Waals surface area contributed by atoms with Crippen molar-refractivity contribution in [3.05, 3.63) is 261 Å². The Morgan fingerprint density at radius 3 is 1.36 bits per heavy atom. The maximum absolute atomic E-state index is 6.24. The Kier molecular flexibility index (Phi) is 9.89. The maximum atomic E-state index is 6.24. The molecule has 66 heavy (non-hydrogen) atoms. The van der Waals surface area contributed by atoms with Crippen molar-refractivity contribution in [1.82, 2.24) is 0 Å². The van der Waals surface area contributed by atoms with Gasteiger partial charge in [0.15, 0.2) is 0 Å². The minimum atomic E-state index is 0.875. The summed E-state index contributed by atoms with van der Waals surface area (Å²) in [5, 5.41) is 5.94. The fourth-order valence-electron chi connectivity index (χ4n) is 9.49. The van der Waals surface area contributed by atoms with E-state index in [4.69, 9.17) is 4.42 Å². The van der Waals surface area contributed by atoms with Crippen LogP contribution in [0.2, 0.25) is 0 Å². The van der Waals surface area contributed by atoms with Crippen LogP contribution in [0.5, 0.6) is 0 Å². The number of hydrogen-bond donors (Lipinski definition) is 0. The van der Waals surface area contributed by atoms with Crippen LogP contribution in [-0.4, -0.2) is 0 Å². The zero-order valence-corrected chi connectivity index (χ0v) is 36.2. The summed E-state index contributed by atoms with van der Waals surface area (Å²) in [5.74, 6) is 0.875. The SMILES string of the molecule is c1ccc(-c2ccccc2-c2ccccc2-c2ccc(N(c3ccc(-c4ccc5ccccc5c4)cc3)c3ccc4cc(-c5cccc(-c6cc7ccccc7o6)c5)ccc4c3)cc2)cc1. The third-order valence-corrected chi connectivity index (χ3v) is 12.9. The fraction of sp³-hybridized carbons (Fsp3) is 0. The Morgan fingerprint density at radius 2 is 0.667 bits per heavy atom. The smallest absolute Gasteiger partial charge is 0.135 e. The lowest BCUT2D eigenvalue weighted by molar-refractivity contribution is 0.631. The van der Waals surface area contributed by atoms with Crippen LogP contribution in [0.4, 0.5) is 17.1 Å². The molecule has 0 spiro atoms. The number of furan rings is 1. The summed E-state index contributed by atoms with van der Waals surface area (Å²) in [5.41, 5.74) is 17.1. The molecule has 0 fully saturated rings. The van der Waals surface area contributed by atoms with Crippen LogP contribution in [0, 0.1) is 0 Å². The second-order valence-electron chi connectivity index (χ2n) is 16.9. The Labute approximate surface area is 384 Å². The van der Waals surface area contributed by atoms with E-state index in [1.54, 1.807) is 0 Å². The van der Waals surface area contributed by atoms with Crippen LogP contribution in [0.15, 0.2) is 265 Å². The van der Waals surface area contributed by atoms with Gasteiger partial charge in [-0.1, -0.05) is 194 Å². The first-order valence-electron chi connectivity index (χ1n) is 22.6. The van der Waals surface area contributed by atoms with Crippen molar-refractivity contribution in [2.24, 2.45) is 0 Å². The molecule has 0 bridgehead atoms. The van der Waals surface area contributed by atoms with Gasteiger partial charge >= 0.3 is 0 Å². The summed E-state index contributed by atoms with van der Waals surface area (Å²) < 4.78 is 6.24. The van der Waals surface area contributed by atoms with E-state index in [0.29, 0.717) is 0 Å². The van der Waals surface area contributed by atoms with E-state index in [9.17, 15) is 0 Å². The van der Waals surface area contributed by atoms with Gasteiger partial charge in [-0.3, -0.25) is 0 Å². The van der Waals surface area contributed by atoms with Crippen molar-refractivity contribution in [3.63, 3.8) is 0 Å². The van der Waals surface area contributed by atoms with Gasteiger partial charge in [-0.2, -0.15) is 0 Å². The second kappa shape index (κ2) is 16.8. The van der Waals surface area contributed by atoms with E-state index in [-0.39, 0.29) is 0 Å². The number of fused-ring (bicyclic) bond motifs is 3. The quantitative estimate of drug-likeness (QED) is 0.144. The Hall–Kier alpha value is -8.72. The molecule has 0 atom stereocenters. The van der Waals surface area contributed by atoms with Crippen molar-refractivity contribution in [1.29, 1.82) is 0 Å². The average Bonchev–Trinajstić information content (AvgIpc) is 3.84. The molecule has 0 saturated heterocycles. The van der Waals surface area contributed by atoms with Crippen LogP contribution < -0.4 is 4.90 Å². The highest BCUT2D eigenvalue weighted by molar-refractivity contribution is 5.95. The topological polar surface area (TPSA) is 16.4 Å². The highest BCUT2D eigenvalue weighted by atomic mass is 16.3. The van der Waals surface area contributed by atoms with Crippen molar-refractivity contribution in [2.75, 3.05) is 4.90 Å². The molecule has 0 aliphatic rings. The standard InChI is InChI=1S/C64H43NO/c1-2-14-46(15-3-1)59-20-7-9-22-61(59)62-23-10-8-21-60(62)47-31-36-57(37-32-47)65(56-34-29-45(30-35-56)50-26-25-44-13-4-5-16-48(44)39-50)58-38-33-52-40-51(27-28-53(52)42-58)49-18-12-19-54(41-49)64-43-55-17-6-11-24-63(55)66-64/h1-43H. The zero-order chi connectivity index (χ0) is 43.8. The average molecular weight is 842 g/mol. The third-order valence-electron chi connectivity index (χ3n) is 12.9.